The van der Waals surface area contributed by atoms with Crippen LogP contribution in [0, 0.1) is 0 Å². The Balaban J connectivity index is 2.17. The first-order valence-corrected chi connectivity index (χ1v) is 9.16. The summed E-state index contributed by atoms with van der Waals surface area (Å²) < 4.78 is 25.0. The summed E-state index contributed by atoms with van der Waals surface area (Å²) in [7, 11) is -3.43. The van der Waals surface area contributed by atoms with Crippen LogP contribution in [0.15, 0.2) is 65.6 Å². The second-order valence-electron chi connectivity index (χ2n) is 5.58. The van der Waals surface area contributed by atoms with E-state index in [1.165, 1.54) is 0 Å². The number of hydrogen-bond donors (Lipinski definition) is 0. The molecule has 0 aliphatic carbocycles. The van der Waals surface area contributed by atoms with Crippen molar-refractivity contribution in [3.63, 3.8) is 0 Å². The minimum absolute atomic E-state index is 0.104. The van der Waals surface area contributed by atoms with Crippen LogP contribution in [-0.2, 0) is 14.6 Å². The standard InChI is InChI=1S/C18H21NO3S/c1-15(13-23(21,22)18-11-7-4-8-12-18)19(14-20)16(2)17-9-5-3-6-10-17/h3-12,14-16H,13H2,1-2H3/t15-,16+/m0/s1. The van der Waals surface area contributed by atoms with E-state index in [4.69, 9.17) is 0 Å². The average Bonchev–Trinajstić information content (AvgIpc) is 2.56. The van der Waals surface area contributed by atoms with E-state index in [0.29, 0.717) is 0 Å². The fourth-order valence-corrected chi connectivity index (χ4v) is 4.18. The molecule has 0 spiro atoms. The Labute approximate surface area is 137 Å². The van der Waals surface area contributed by atoms with E-state index < -0.39 is 15.9 Å². The third-order valence-electron chi connectivity index (χ3n) is 3.92. The van der Waals surface area contributed by atoms with Crippen molar-refractivity contribution in [3.8, 4) is 0 Å². The number of amides is 1. The van der Waals surface area contributed by atoms with Crippen LogP contribution in [0.4, 0.5) is 0 Å². The lowest BCUT2D eigenvalue weighted by atomic mass is 10.1. The molecule has 2 atom stereocenters. The van der Waals surface area contributed by atoms with Gasteiger partial charge in [-0.1, -0.05) is 48.5 Å². The normalized spacial score (nSPS) is 14.0. The highest BCUT2D eigenvalue weighted by Crippen LogP contribution is 2.22. The Morgan fingerprint density at radius 1 is 0.957 bits per heavy atom. The van der Waals surface area contributed by atoms with Gasteiger partial charge in [0.25, 0.3) is 0 Å². The SMILES string of the molecule is C[C@H](c1ccccc1)N(C=O)[C@@H](C)CS(=O)(=O)c1ccccc1. The van der Waals surface area contributed by atoms with Crippen LogP contribution in [0.25, 0.3) is 0 Å². The van der Waals surface area contributed by atoms with Crippen molar-refractivity contribution in [1.29, 1.82) is 0 Å². The van der Waals surface area contributed by atoms with Gasteiger partial charge in [0, 0.05) is 6.04 Å². The summed E-state index contributed by atoms with van der Waals surface area (Å²) in [6.07, 6.45) is 0.725. The first kappa shape index (κ1) is 17.2. The molecule has 0 saturated heterocycles. The molecule has 5 heteroatoms. The Bertz CT molecular complexity index is 729. The maximum atomic E-state index is 12.5. The van der Waals surface area contributed by atoms with Crippen LogP contribution in [-0.4, -0.2) is 31.5 Å². The highest BCUT2D eigenvalue weighted by molar-refractivity contribution is 7.91. The molecule has 4 nitrogen and oxygen atoms in total. The Morgan fingerprint density at radius 3 is 2.00 bits per heavy atom. The molecule has 0 aromatic heterocycles. The molecule has 0 bridgehead atoms. The maximum absolute atomic E-state index is 12.5. The summed E-state index contributed by atoms with van der Waals surface area (Å²) in [5.41, 5.74) is 0.976. The fraction of sp³-hybridized carbons (Fsp3) is 0.278. The highest BCUT2D eigenvalue weighted by Gasteiger charge is 2.25. The third-order valence-corrected chi connectivity index (χ3v) is 5.83. The second-order valence-corrected chi connectivity index (χ2v) is 7.62. The van der Waals surface area contributed by atoms with Gasteiger partial charge in [-0.3, -0.25) is 4.79 Å². The minimum Gasteiger partial charge on any atom is -0.335 e. The molecule has 0 radical (unpaired) electrons. The van der Waals surface area contributed by atoms with Gasteiger partial charge in [0.2, 0.25) is 6.41 Å². The monoisotopic (exact) mass is 331 g/mol. The van der Waals surface area contributed by atoms with Gasteiger partial charge in [-0.2, -0.15) is 0 Å². The predicted molar refractivity (Wildman–Crippen MR) is 90.7 cm³/mol. The number of carbonyl (C=O) groups is 1. The number of carbonyl (C=O) groups excluding carboxylic acids is 1. The summed E-state index contributed by atoms with van der Waals surface area (Å²) in [5.74, 6) is -0.104. The Kier molecular flexibility index (Phi) is 5.55. The number of nitrogens with zero attached hydrogens (tertiary/aromatic N) is 1. The summed E-state index contributed by atoms with van der Waals surface area (Å²) in [6, 6.07) is 17.3. The molecule has 0 unspecified atom stereocenters. The van der Waals surface area contributed by atoms with Crippen molar-refractivity contribution in [1.82, 2.24) is 4.90 Å². The van der Waals surface area contributed by atoms with Gasteiger partial charge in [0.05, 0.1) is 16.7 Å². The molecule has 0 heterocycles. The topological polar surface area (TPSA) is 54.5 Å². The molecule has 23 heavy (non-hydrogen) atoms. The third kappa shape index (κ3) is 4.20. The molecular formula is C18H21NO3S. The molecule has 0 aliphatic heterocycles. The van der Waals surface area contributed by atoms with E-state index in [9.17, 15) is 13.2 Å². The zero-order chi connectivity index (χ0) is 16.9. The van der Waals surface area contributed by atoms with E-state index in [0.717, 1.165) is 12.0 Å². The van der Waals surface area contributed by atoms with Crippen LogP contribution in [0.3, 0.4) is 0 Å². The minimum atomic E-state index is -3.43. The largest absolute Gasteiger partial charge is 0.335 e. The van der Waals surface area contributed by atoms with E-state index in [1.807, 2.05) is 37.3 Å². The molecule has 0 saturated carbocycles. The van der Waals surface area contributed by atoms with Crippen LogP contribution < -0.4 is 0 Å². The van der Waals surface area contributed by atoms with Crippen molar-refractivity contribution in [2.75, 3.05) is 5.75 Å². The van der Waals surface area contributed by atoms with Gasteiger partial charge in [0.15, 0.2) is 9.84 Å². The summed E-state index contributed by atoms with van der Waals surface area (Å²) in [5, 5.41) is 0. The molecule has 122 valence electrons. The molecule has 0 N–H and O–H groups in total. The van der Waals surface area contributed by atoms with Crippen molar-refractivity contribution in [2.24, 2.45) is 0 Å². The molecule has 2 aromatic rings. The van der Waals surface area contributed by atoms with Crippen LogP contribution >= 0.6 is 0 Å². The zero-order valence-corrected chi connectivity index (χ0v) is 14.1. The van der Waals surface area contributed by atoms with Crippen LogP contribution in [0.1, 0.15) is 25.5 Å². The molecule has 2 aromatic carbocycles. The average molecular weight is 331 g/mol. The fourth-order valence-electron chi connectivity index (χ4n) is 2.61. The van der Waals surface area contributed by atoms with E-state index in [-0.39, 0.29) is 16.7 Å². The molecule has 0 aliphatic rings. The lowest BCUT2D eigenvalue weighted by Gasteiger charge is -2.31. The van der Waals surface area contributed by atoms with E-state index in [2.05, 4.69) is 0 Å². The van der Waals surface area contributed by atoms with Gasteiger partial charge in [0.1, 0.15) is 0 Å². The molecule has 0 fully saturated rings. The summed E-state index contributed by atoms with van der Waals surface area (Å²) in [6.45, 7) is 3.66. The second kappa shape index (κ2) is 7.42. The number of benzene rings is 2. The van der Waals surface area contributed by atoms with Crippen molar-refractivity contribution in [2.45, 2.75) is 30.8 Å². The first-order chi connectivity index (χ1) is 11.0. The van der Waals surface area contributed by atoms with Gasteiger partial charge < -0.3 is 4.90 Å². The summed E-state index contributed by atoms with van der Waals surface area (Å²) in [4.78, 5) is 13.3. The van der Waals surface area contributed by atoms with Crippen molar-refractivity contribution >= 4 is 16.2 Å². The first-order valence-electron chi connectivity index (χ1n) is 7.51. The number of rotatable bonds is 7. The molecular weight excluding hydrogens is 310 g/mol. The Hall–Kier alpha value is -2.14. The van der Waals surface area contributed by atoms with Gasteiger partial charge in [-0.25, -0.2) is 8.42 Å². The lowest BCUT2D eigenvalue weighted by Crippen LogP contribution is -2.38. The maximum Gasteiger partial charge on any atom is 0.210 e. The van der Waals surface area contributed by atoms with E-state index in [1.54, 1.807) is 42.2 Å². The van der Waals surface area contributed by atoms with Gasteiger partial charge >= 0.3 is 0 Å². The smallest absolute Gasteiger partial charge is 0.210 e. The number of hydrogen-bond acceptors (Lipinski definition) is 3. The lowest BCUT2D eigenvalue weighted by molar-refractivity contribution is -0.121. The van der Waals surface area contributed by atoms with E-state index >= 15 is 0 Å². The van der Waals surface area contributed by atoms with Crippen LogP contribution in [0.5, 0.6) is 0 Å². The Morgan fingerprint density at radius 2 is 1.48 bits per heavy atom. The van der Waals surface area contributed by atoms with Crippen molar-refractivity contribution < 1.29 is 13.2 Å². The highest BCUT2D eigenvalue weighted by atomic mass is 32.2. The van der Waals surface area contributed by atoms with Crippen molar-refractivity contribution in [3.05, 3.63) is 66.2 Å². The molecule has 2 rings (SSSR count). The van der Waals surface area contributed by atoms with Gasteiger partial charge in [-0.15, -0.1) is 0 Å². The van der Waals surface area contributed by atoms with Gasteiger partial charge in [-0.05, 0) is 31.5 Å². The molecule has 1 amide bonds. The quantitative estimate of drug-likeness (QED) is 0.733. The van der Waals surface area contributed by atoms with Crippen LogP contribution in [0.2, 0.25) is 0 Å². The summed E-state index contributed by atoms with van der Waals surface area (Å²) >= 11 is 0. The predicted octanol–water partition coefficient (Wildman–Crippen LogP) is 3.07. The zero-order valence-electron chi connectivity index (χ0n) is 13.3. The number of sulfone groups is 1.